The fraction of sp³-hybridized carbons (Fsp3) is 0.176. The van der Waals surface area contributed by atoms with Crippen LogP contribution in [-0.4, -0.2) is 18.7 Å². The first-order chi connectivity index (χ1) is 10.6. The van der Waals surface area contributed by atoms with Crippen molar-refractivity contribution in [1.82, 2.24) is 5.32 Å². The molecular weight excluding hydrogens is 300 g/mol. The lowest BCUT2D eigenvalue weighted by molar-refractivity contribution is -0.125. The average molecular weight is 317 g/mol. The summed E-state index contributed by atoms with van der Waals surface area (Å²) in [4.78, 5) is 16.6. The number of amides is 1. The van der Waals surface area contributed by atoms with E-state index in [1.807, 2.05) is 43.3 Å². The zero-order valence-corrected chi connectivity index (χ0v) is 13.0. The number of benzene rings is 2. The molecule has 114 valence electrons. The quantitative estimate of drug-likeness (QED) is 0.656. The number of carbonyl (C=O) groups excluding carboxylic acids is 1. The predicted molar refractivity (Wildman–Crippen MR) is 88.0 cm³/mol. The molecule has 0 aliphatic carbocycles. The molecule has 0 unspecified atom stereocenters. The number of hydrogen-bond acceptors (Lipinski definition) is 3. The Hall–Kier alpha value is -2.33. The third kappa shape index (κ3) is 5.22. The van der Waals surface area contributed by atoms with E-state index in [0.29, 0.717) is 11.6 Å². The van der Waals surface area contributed by atoms with E-state index in [1.54, 1.807) is 18.3 Å². The minimum Gasteiger partial charge on any atom is -0.386 e. The van der Waals surface area contributed by atoms with E-state index in [2.05, 4.69) is 10.5 Å². The highest BCUT2D eigenvalue weighted by molar-refractivity contribution is 6.30. The first-order valence-electron chi connectivity index (χ1n) is 6.87. The number of hydrogen-bond donors (Lipinski definition) is 1. The Morgan fingerprint density at radius 2 is 2.09 bits per heavy atom. The smallest absolute Gasteiger partial charge is 0.261 e. The van der Waals surface area contributed by atoms with Crippen molar-refractivity contribution in [3.8, 4) is 0 Å². The zero-order valence-electron chi connectivity index (χ0n) is 12.3. The number of nitrogens with zero attached hydrogens (tertiary/aromatic N) is 1. The molecule has 2 aromatic rings. The molecule has 0 bridgehead atoms. The van der Waals surface area contributed by atoms with Gasteiger partial charge in [-0.3, -0.25) is 4.79 Å². The van der Waals surface area contributed by atoms with Gasteiger partial charge in [0.2, 0.25) is 0 Å². The summed E-state index contributed by atoms with van der Waals surface area (Å²) >= 11 is 5.88. The first-order valence-corrected chi connectivity index (χ1v) is 7.25. The van der Waals surface area contributed by atoms with Crippen molar-refractivity contribution in [2.45, 2.75) is 13.5 Å². The van der Waals surface area contributed by atoms with Gasteiger partial charge in [0, 0.05) is 11.6 Å². The van der Waals surface area contributed by atoms with Crippen LogP contribution in [-0.2, 0) is 16.2 Å². The molecule has 0 aliphatic heterocycles. The highest BCUT2D eigenvalue weighted by atomic mass is 35.5. The van der Waals surface area contributed by atoms with E-state index >= 15 is 0 Å². The molecule has 0 aliphatic rings. The van der Waals surface area contributed by atoms with Crippen molar-refractivity contribution < 1.29 is 9.63 Å². The number of carbonyl (C=O) groups is 1. The fourth-order valence-corrected chi connectivity index (χ4v) is 2.03. The van der Waals surface area contributed by atoms with Crippen LogP contribution in [0.25, 0.3) is 0 Å². The second-order valence-electron chi connectivity index (χ2n) is 4.77. The number of halogens is 1. The van der Waals surface area contributed by atoms with Gasteiger partial charge >= 0.3 is 0 Å². The third-order valence-electron chi connectivity index (χ3n) is 3.03. The van der Waals surface area contributed by atoms with E-state index in [9.17, 15) is 4.79 Å². The van der Waals surface area contributed by atoms with Gasteiger partial charge in [-0.2, -0.15) is 0 Å². The van der Waals surface area contributed by atoms with Gasteiger partial charge < -0.3 is 10.2 Å². The van der Waals surface area contributed by atoms with Crippen LogP contribution in [0, 0.1) is 6.92 Å². The molecule has 0 radical (unpaired) electrons. The minimum absolute atomic E-state index is 0.122. The standard InChI is InChI=1S/C17H17ClN2O2/c1-13-5-2-3-7-15(13)11-20-22-12-17(21)19-10-14-6-4-8-16(18)9-14/h2-9,11H,10,12H2,1H3,(H,19,21)/b20-11+. The summed E-state index contributed by atoms with van der Waals surface area (Å²) in [6.07, 6.45) is 1.60. The summed E-state index contributed by atoms with van der Waals surface area (Å²) in [5.41, 5.74) is 2.99. The SMILES string of the molecule is Cc1ccccc1/C=N/OCC(=O)NCc1cccc(Cl)c1. The molecule has 1 amide bonds. The van der Waals surface area contributed by atoms with E-state index in [1.165, 1.54) is 0 Å². The van der Waals surface area contributed by atoms with Gasteiger partial charge in [-0.15, -0.1) is 0 Å². The Balaban J connectivity index is 1.73. The number of nitrogens with one attached hydrogen (secondary N) is 1. The summed E-state index contributed by atoms with van der Waals surface area (Å²) in [7, 11) is 0. The van der Waals surface area contributed by atoms with E-state index < -0.39 is 0 Å². The summed E-state index contributed by atoms with van der Waals surface area (Å²) in [6.45, 7) is 2.27. The van der Waals surface area contributed by atoms with Crippen molar-refractivity contribution in [3.63, 3.8) is 0 Å². The first kappa shape index (κ1) is 16.0. The Labute approximate surface area is 134 Å². The molecule has 2 rings (SSSR count). The van der Waals surface area contributed by atoms with Gasteiger partial charge in [-0.1, -0.05) is 53.2 Å². The predicted octanol–water partition coefficient (Wildman–Crippen LogP) is 3.32. The summed E-state index contributed by atoms with van der Waals surface area (Å²) < 4.78 is 0. The summed E-state index contributed by atoms with van der Waals surface area (Å²) in [5.74, 6) is -0.234. The second kappa shape index (κ2) is 8.20. The van der Waals surface area contributed by atoms with Crippen molar-refractivity contribution in [3.05, 3.63) is 70.2 Å². The number of aryl methyl sites for hydroxylation is 1. The Morgan fingerprint density at radius 1 is 1.27 bits per heavy atom. The molecule has 0 saturated heterocycles. The molecule has 0 spiro atoms. The van der Waals surface area contributed by atoms with E-state index in [0.717, 1.165) is 16.7 Å². The molecule has 0 saturated carbocycles. The monoisotopic (exact) mass is 316 g/mol. The van der Waals surface area contributed by atoms with Crippen LogP contribution in [0.15, 0.2) is 53.7 Å². The maximum Gasteiger partial charge on any atom is 0.261 e. The fourth-order valence-electron chi connectivity index (χ4n) is 1.82. The van der Waals surface area contributed by atoms with E-state index in [4.69, 9.17) is 16.4 Å². The van der Waals surface area contributed by atoms with Crippen LogP contribution in [0.4, 0.5) is 0 Å². The van der Waals surface area contributed by atoms with Crippen molar-refractivity contribution in [2.75, 3.05) is 6.61 Å². The van der Waals surface area contributed by atoms with Gasteiger partial charge in [0.15, 0.2) is 6.61 Å². The molecule has 22 heavy (non-hydrogen) atoms. The lowest BCUT2D eigenvalue weighted by Crippen LogP contribution is -2.26. The lowest BCUT2D eigenvalue weighted by Gasteiger charge is -2.05. The van der Waals surface area contributed by atoms with Crippen molar-refractivity contribution in [2.24, 2.45) is 5.16 Å². The summed E-state index contributed by atoms with van der Waals surface area (Å²) in [6, 6.07) is 15.1. The van der Waals surface area contributed by atoms with E-state index in [-0.39, 0.29) is 12.5 Å². The maximum atomic E-state index is 11.6. The average Bonchev–Trinajstić information content (AvgIpc) is 2.51. The van der Waals surface area contributed by atoms with Gasteiger partial charge in [0.05, 0.1) is 6.21 Å². The molecule has 4 nitrogen and oxygen atoms in total. The summed E-state index contributed by atoms with van der Waals surface area (Å²) in [5, 5.41) is 7.19. The Morgan fingerprint density at radius 3 is 2.86 bits per heavy atom. The van der Waals surface area contributed by atoms with Crippen molar-refractivity contribution >= 4 is 23.7 Å². The van der Waals surface area contributed by atoms with Gasteiger partial charge in [-0.25, -0.2) is 0 Å². The van der Waals surface area contributed by atoms with Gasteiger partial charge in [0.1, 0.15) is 0 Å². The van der Waals surface area contributed by atoms with Gasteiger partial charge in [0.25, 0.3) is 5.91 Å². The maximum absolute atomic E-state index is 11.6. The normalized spacial score (nSPS) is 10.6. The largest absolute Gasteiger partial charge is 0.386 e. The Bertz CT molecular complexity index is 671. The topological polar surface area (TPSA) is 50.7 Å². The Kier molecular flexibility index (Phi) is 5.98. The minimum atomic E-state index is -0.234. The molecular formula is C17H17ClN2O2. The van der Waals surface area contributed by atoms with Gasteiger partial charge in [-0.05, 0) is 35.7 Å². The lowest BCUT2D eigenvalue weighted by atomic mass is 10.1. The van der Waals surface area contributed by atoms with Crippen LogP contribution < -0.4 is 5.32 Å². The number of oxime groups is 1. The molecule has 1 N–H and O–H groups in total. The van der Waals surface area contributed by atoms with Crippen LogP contribution in [0.1, 0.15) is 16.7 Å². The molecule has 0 fully saturated rings. The molecule has 5 heteroatoms. The van der Waals surface area contributed by atoms with Crippen LogP contribution in [0.2, 0.25) is 5.02 Å². The number of rotatable bonds is 6. The highest BCUT2D eigenvalue weighted by Gasteiger charge is 2.02. The van der Waals surface area contributed by atoms with Crippen LogP contribution in [0.3, 0.4) is 0 Å². The molecule has 0 heterocycles. The molecule has 2 aromatic carbocycles. The third-order valence-corrected chi connectivity index (χ3v) is 3.26. The molecule has 0 atom stereocenters. The van der Waals surface area contributed by atoms with Crippen LogP contribution in [0.5, 0.6) is 0 Å². The van der Waals surface area contributed by atoms with Crippen LogP contribution >= 0.6 is 11.6 Å². The highest BCUT2D eigenvalue weighted by Crippen LogP contribution is 2.10. The second-order valence-corrected chi connectivity index (χ2v) is 5.21. The molecule has 0 aromatic heterocycles. The van der Waals surface area contributed by atoms with Crippen molar-refractivity contribution in [1.29, 1.82) is 0 Å². The zero-order chi connectivity index (χ0) is 15.8.